The van der Waals surface area contributed by atoms with Gasteiger partial charge in [-0.1, -0.05) is 30.3 Å². The van der Waals surface area contributed by atoms with Gasteiger partial charge in [0.15, 0.2) is 0 Å². The smallest absolute Gasteiger partial charge is 0.307 e. The van der Waals surface area contributed by atoms with Crippen molar-refractivity contribution in [3.8, 4) is 5.75 Å². The Bertz CT molecular complexity index is 759. The first-order valence-electron chi connectivity index (χ1n) is 6.95. The minimum absolute atomic E-state index is 0.0855. The van der Waals surface area contributed by atoms with Gasteiger partial charge in [-0.25, -0.2) is 13.1 Å². The molecule has 0 aliphatic heterocycles. The fourth-order valence-corrected chi connectivity index (χ4v) is 2.98. The Morgan fingerprint density at radius 2 is 1.83 bits per heavy atom. The van der Waals surface area contributed by atoms with Crippen molar-refractivity contribution in [2.75, 3.05) is 13.2 Å². The second kappa shape index (κ2) is 7.75. The van der Waals surface area contributed by atoms with E-state index in [2.05, 4.69) is 4.72 Å². The van der Waals surface area contributed by atoms with Gasteiger partial charge < -0.3 is 9.84 Å². The zero-order valence-corrected chi connectivity index (χ0v) is 13.1. The number of ether oxygens (including phenoxy) is 1. The molecule has 6 nitrogen and oxygen atoms in total. The summed E-state index contributed by atoms with van der Waals surface area (Å²) in [5.41, 5.74) is 0.625. The molecule has 2 aromatic rings. The summed E-state index contributed by atoms with van der Waals surface area (Å²) in [6, 6.07) is 14.8. The van der Waals surface area contributed by atoms with Crippen LogP contribution < -0.4 is 9.46 Å². The second-order valence-corrected chi connectivity index (χ2v) is 6.54. The summed E-state index contributed by atoms with van der Waals surface area (Å²) in [7, 11) is -3.55. The number of sulfonamides is 1. The van der Waals surface area contributed by atoms with Crippen molar-refractivity contribution in [1.82, 2.24) is 4.72 Å². The van der Waals surface area contributed by atoms with Crippen molar-refractivity contribution in [2.45, 2.75) is 11.3 Å². The number of carbonyl (C=O) groups is 1. The molecule has 0 spiro atoms. The molecule has 0 amide bonds. The van der Waals surface area contributed by atoms with E-state index in [1.807, 2.05) is 0 Å². The largest absolute Gasteiger partial charge is 0.492 e. The molecule has 0 radical (unpaired) electrons. The number of carboxylic acids is 1. The third-order valence-corrected chi connectivity index (χ3v) is 4.45. The van der Waals surface area contributed by atoms with E-state index in [0.29, 0.717) is 11.3 Å². The van der Waals surface area contributed by atoms with Gasteiger partial charge >= 0.3 is 5.97 Å². The molecular formula is C16H17NO5S. The Kier molecular flexibility index (Phi) is 5.72. The van der Waals surface area contributed by atoms with Crippen LogP contribution in [0.4, 0.5) is 0 Å². The quantitative estimate of drug-likeness (QED) is 0.716. The molecule has 23 heavy (non-hydrogen) atoms. The molecule has 0 aromatic heterocycles. The maximum atomic E-state index is 12.0. The van der Waals surface area contributed by atoms with Gasteiger partial charge in [0, 0.05) is 6.54 Å². The maximum absolute atomic E-state index is 12.0. The third-order valence-electron chi connectivity index (χ3n) is 2.97. The lowest BCUT2D eigenvalue weighted by atomic mass is 10.1. The minimum atomic E-state index is -3.55. The molecule has 2 N–H and O–H groups in total. The molecule has 7 heteroatoms. The van der Waals surface area contributed by atoms with Crippen molar-refractivity contribution in [3.63, 3.8) is 0 Å². The summed E-state index contributed by atoms with van der Waals surface area (Å²) in [5, 5.41) is 8.75. The average molecular weight is 335 g/mol. The maximum Gasteiger partial charge on any atom is 0.307 e. The highest BCUT2D eigenvalue weighted by Gasteiger charge is 2.12. The average Bonchev–Trinajstić information content (AvgIpc) is 2.52. The van der Waals surface area contributed by atoms with Crippen LogP contribution in [0.5, 0.6) is 5.75 Å². The summed E-state index contributed by atoms with van der Waals surface area (Å²) in [4.78, 5) is 10.9. The van der Waals surface area contributed by atoms with E-state index in [1.54, 1.807) is 42.5 Å². The number of carboxylic acid groups (broad SMARTS) is 1. The number of aliphatic carboxylic acids is 1. The van der Waals surface area contributed by atoms with Crippen molar-refractivity contribution in [1.29, 1.82) is 0 Å². The Morgan fingerprint density at radius 1 is 1.09 bits per heavy atom. The fraction of sp³-hybridized carbons (Fsp3) is 0.188. The summed E-state index contributed by atoms with van der Waals surface area (Å²) in [5.74, 6) is -0.416. The molecule has 0 aliphatic carbocycles. The standard InChI is InChI=1S/C16H17NO5S/c18-16(19)12-13-5-4-6-14(11-13)22-10-9-17-23(20,21)15-7-2-1-3-8-15/h1-8,11,17H,9-10,12H2,(H,18,19). The molecule has 0 heterocycles. The van der Waals surface area contributed by atoms with Crippen molar-refractivity contribution in [3.05, 3.63) is 60.2 Å². The summed E-state index contributed by atoms with van der Waals surface area (Å²) >= 11 is 0. The lowest BCUT2D eigenvalue weighted by molar-refractivity contribution is -0.136. The molecule has 2 rings (SSSR count). The van der Waals surface area contributed by atoms with E-state index in [4.69, 9.17) is 9.84 Å². The zero-order chi connectivity index (χ0) is 16.7. The van der Waals surface area contributed by atoms with Crippen LogP contribution in [0.2, 0.25) is 0 Å². The van der Waals surface area contributed by atoms with E-state index >= 15 is 0 Å². The van der Waals surface area contributed by atoms with Crippen LogP contribution in [0.1, 0.15) is 5.56 Å². The van der Waals surface area contributed by atoms with E-state index in [9.17, 15) is 13.2 Å². The Balaban J connectivity index is 1.85. The van der Waals surface area contributed by atoms with Gasteiger partial charge in [-0.2, -0.15) is 0 Å². The highest BCUT2D eigenvalue weighted by atomic mass is 32.2. The number of hydrogen-bond acceptors (Lipinski definition) is 4. The molecule has 0 saturated carbocycles. The van der Waals surface area contributed by atoms with Crippen LogP contribution in [-0.4, -0.2) is 32.6 Å². The molecule has 0 saturated heterocycles. The fourth-order valence-electron chi connectivity index (χ4n) is 1.95. The number of rotatable bonds is 8. The Labute approximate surface area is 134 Å². The van der Waals surface area contributed by atoms with E-state index in [1.165, 1.54) is 12.1 Å². The molecule has 0 unspecified atom stereocenters. The molecule has 2 aromatic carbocycles. The predicted octanol–water partition coefficient (Wildman–Crippen LogP) is 1.67. The van der Waals surface area contributed by atoms with Crippen LogP contribution in [0.25, 0.3) is 0 Å². The normalized spacial score (nSPS) is 11.1. The predicted molar refractivity (Wildman–Crippen MR) is 84.9 cm³/mol. The number of nitrogens with one attached hydrogen (secondary N) is 1. The third kappa shape index (κ3) is 5.39. The van der Waals surface area contributed by atoms with Gasteiger partial charge in [0.1, 0.15) is 12.4 Å². The van der Waals surface area contributed by atoms with E-state index < -0.39 is 16.0 Å². The Morgan fingerprint density at radius 3 is 2.52 bits per heavy atom. The van der Waals surface area contributed by atoms with Crippen molar-refractivity contribution in [2.24, 2.45) is 0 Å². The summed E-state index contributed by atoms with van der Waals surface area (Å²) in [6.07, 6.45) is -0.0855. The van der Waals surface area contributed by atoms with E-state index in [-0.39, 0.29) is 24.5 Å². The second-order valence-electron chi connectivity index (χ2n) is 4.78. The highest BCUT2D eigenvalue weighted by molar-refractivity contribution is 7.89. The lowest BCUT2D eigenvalue weighted by Gasteiger charge is -2.09. The van der Waals surface area contributed by atoms with Gasteiger partial charge in [0.25, 0.3) is 0 Å². The van der Waals surface area contributed by atoms with Gasteiger partial charge in [0.2, 0.25) is 10.0 Å². The molecule has 0 fully saturated rings. The van der Waals surface area contributed by atoms with Crippen molar-refractivity contribution < 1.29 is 23.1 Å². The lowest BCUT2D eigenvalue weighted by Crippen LogP contribution is -2.28. The minimum Gasteiger partial charge on any atom is -0.492 e. The first-order valence-corrected chi connectivity index (χ1v) is 8.44. The van der Waals surface area contributed by atoms with Crippen LogP contribution in [0, 0.1) is 0 Å². The van der Waals surface area contributed by atoms with Crippen LogP contribution in [0.15, 0.2) is 59.5 Å². The van der Waals surface area contributed by atoms with Crippen LogP contribution in [0.3, 0.4) is 0 Å². The molecule has 0 atom stereocenters. The highest BCUT2D eigenvalue weighted by Crippen LogP contribution is 2.14. The topological polar surface area (TPSA) is 92.7 Å². The van der Waals surface area contributed by atoms with Crippen molar-refractivity contribution >= 4 is 16.0 Å². The molecular weight excluding hydrogens is 318 g/mol. The Hall–Kier alpha value is -2.38. The molecule has 122 valence electrons. The van der Waals surface area contributed by atoms with Crippen LogP contribution >= 0.6 is 0 Å². The summed E-state index contributed by atoms with van der Waals surface area (Å²) < 4.78 is 31.9. The first-order chi connectivity index (χ1) is 11.0. The SMILES string of the molecule is O=C(O)Cc1cccc(OCCNS(=O)(=O)c2ccccc2)c1. The number of benzene rings is 2. The monoisotopic (exact) mass is 335 g/mol. The van der Waals surface area contributed by atoms with Gasteiger partial charge in [0.05, 0.1) is 11.3 Å². The van der Waals surface area contributed by atoms with Gasteiger partial charge in [-0.15, -0.1) is 0 Å². The van der Waals surface area contributed by atoms with Gasteiger partial charge in [-0.3, -0.25) is 4.79 Å². The van der Waals surface area contributed by atoms with Gasteiger partial charge in [-0.05, 0) is 29.8 Å². The zero-order valence-electron chi connectivity index (χ0n) is 12.3. The first kappa shape index (κ1) is 17.0. The van der Waals surface area contributed by atoms with Crippen LogP contribution in [-0.2, 0) is 21.2 Å². The molecule has 0 bridgehead atoms. The van der Waals surface area contributed by atoms with E-state index in [0.717, 1.165) is 0 Å². The summed E-state index contributed by atoms with van der Waals surface area (Å²) in [6.45, 7) is 0.253. The number of hydrogen-bond donors (Lipinski definition) is 2. The molecule has 0 aliphatic rings.